The number of nitrogens with zero attached hydrogens (tertiary/aromatic N) is 3. The number of hydrogen-bond acceptors (Lipinski definition) is 3. The van der Waals surface area contributed by atoms with Gasteiger partial charge in [-0.2, -0.15) is 18.3 Å². The van der Waals surface area contributed by atoms with Gasteiger partial charge >= 0.3 is 6.18 Å². The van der Waals surface area contributed by atoms with Crippen molar-refractivity contribution in [2.45, 2.75) is 20.0 Å². The minimum absolute atomic E-state index is 0.321. The number of halogens is 3. The van der Waals surface area contributed by atoms with E-state index in [1.165, 1.54) is 22.9 Å². The van der Waals surface area contributed by atoms with Gasteiger partial charge in [-0.3, -0.25) is 14.5 Å². The van der Waals surface area contributed by atoms with E-state index in [1.54, 1.807) is 25.3 Å². The predicted molar refractivity (Wildman–Crippen MR) is 98.0 cm³/mol. The Morgan fingerprint density at radius 1 is 1.11 bits per heavy atom. The van der Waals surface area contributed by atoms with Crippen molar-refractivity contribution in [3.05, 3.63) is 71.2 Å². The lowest BCUT2D eigenvalue weighted by atomic mass is 10.1. The first-order chi connectivity index (χ1) is 13.3. The van der Waals surface area contributed by atoms with Crippen molar-refractivity contribution < 1.29 is 18.0 Å². The zero-order chi connectivity index (χ0) is 20.1. The van der Waals surface area contributed by atoms with E-state index in [9.17, 15) is 18.0 Å². The Balaban J connectivity index is 1.77. The van der Waals surface area contributed by atoms with Crippen LogP contribution in [-0.2, 0) is 6.18 Å². The van der Waals surface area contributed by atoms with E-state index in [-0.39, 0.29) is 5.91 Å². The van der Waals surface area contributed by atoms with Gasteiger partial charge < -0.3 is 0 Å². The van der Waals surface area contributed by atoms with Crippen LogP contribution >= 0.6 is 0 Å². The first kappa shape index (κ1) is 18.0. The smallest absolute Gasteiger partial charge is 0.283 e. The molecule has 0 aliphatic heterocycles. The lowest BCUT2D eigenvalue weighted by Gasteiger charge is -2.11. The summed E-state index contributed by atoms with van der Waals surface area (Å²) in [7, 11) is 0. The second-order valence-corrected chi connectivity index (χ2v) is 6.54. The molecule has 0 aliphatic carbocycles. The largest absolute Gasteiger partial charge is 0.416 e. The van der Waals surface area contributed by atoms with Crippen LogP contribution in [-0.4, -0.2) is 25.7 Å². The standard InChI is InChI=1S/C20H15F3N4O/c1-11-7-8-27(17(11)13-3-5-15(6-4-13)20(21,22)23)19(28)14-9-16-12(2)25-26-18(16)24-10-14/h3-10H,1-2H3,(H,24,25,26). The summed E-state index contributed by atoms with van der Waals surface area (Å²) in [5.41, 5.74) is 2.79. The van der Waals surface area contributed by atoms with Crippen LogP contribution < -0.4 is 0 Å². The van der Waals surface area contributed by atoms with E-state index in [4.69, 9.17) is 0 Å². The highest BCUT2D eigenvalue weighted by molar-refractivity contribution is 6.01. The maximum absolute atomic E-state index is 13.1. The number of rotatable bonds is 2. The van der Waals surface area contributed by atoms with Crippen LogP contribution in [0.5, 0.6) is 0 Å². The minimum atomic E-state index is -4.41. The van der Waals surface area contributed by atoms with E-state index in [0.29, 0.717) is 22.5 Å². The summed E-state index contributed by atoms with van der Waals surface area (Å²) in [6.45, 7) is 3.64. The molecule has 3 heterocycles. The van der Waals surface area contributed by atoms with Gasteiger partial charge in [-0.15, -0.1) is 0 Å². The van der Waals surface area contributed by atoms with E-state index in [1.807, 2.05) is 6.92 Å². The van der Waals surface area contributed by atoms with E-state index >= 15 is 0 Å². The fourth-order valence-electron chi connectivity index (χ4n) is 3.16. The number of alkyl halides is 3. The minimum Gasteiger partial charge on any atom is -0.283 e. The molecule has 1 N–H and O–H groups in total. The summed E-state index contributed by atoms with van der Waals surface area (Å²) >= 11 is 0. The van der Waals surface area contributed by atoms with Gasteiger partial charge in [-0.25, -0.2) is 4.98 Å². The van der Waals surface area contributed by atoms with Crippen molar-refractivity contribution in [1.29, 1.82) is 0 Å². The van der Waals surface area contributed by atoms with Gasteiger partial charge in [0.1, 0.15) is 0 Å². The third-order valence-corrected chi connectivity index (χ3v) is 4.64. The van der Waals surface area contributed by atoms with Crippen molar-refractivity contribution in [2.75, 3.05) is 0 Å². The van der Waals surface area contributed by atoms with Gasteiger partial charge in [-0.05, 0) is 49.2 Å². The molecule has 0 saturated carbocycles. The average Bonchev–Trinajstić information content (AvgIpc) is 3.23. The molecule has 142 valence electrons. The molecule has 0 bridgehead atoms. The lowest BCUT2D eigenvalue weighted by Crippen LogP contribution is -2.13. The number of benzene rings is 1. The van der Waals surface area contributed by atoms with Crippen LogP contribution in [0.25, 0.3) is 22.3 Å². The summed E-state index contributed by atoms with van der Waals surface area (Å²) in [6.07, 6.45) is -1.36. The Morgan fingerprint density at radius 3 is 2.50 bits per heavy atom. The summed E-state index contributed by atoms with van der Waals surface area (Å²) in [5.74, 6) is -0.321. The number of carbonyl (C=O) groups is 1. The van der Waals surface area contributed by atoms with Crippen LogP contribution in [0.3, 0.4) is 0 Å². The molecule has 4 rings (SSSR count). The van der Waals surface area contributed by atoms with Crippen LogP contribution in [0.1, 0.15) is 27.2 Å². The molecule has 3 aromatic heterocycles. The molecule has 0 atom stereocenters. The zero-order valence-electron chi connectivity index (χ0n) is 15.0. The number of aromatic nitrogens is 4. The number of fused-ring (bicyclic) bond motifs is 1. The predicted octanol–water partition coefficient (Wildman–Crippen LogP) is 4.75. The van der Waals surface area contributed by atoms with Crippen LogP contribution in [0.15, 0.2) is 48.8 Å². The normalized spacial score (nSPS) is 11.9. The molecule has 0 spiro atoms. The molecule has 0 radical (unpaired) electrons. The molecule has 0 unspecified atom stereocenters. The molecule has 8 heteroatoms. The molecule has 0 aliphatic rings. The summed E-state index contributed by atoms with van der Waals surface area (Å²) in [4.78, 5) is 17.3. The Kier molecular flexibility index (Phi) is 4.06. The maximum atomic E-state index is 13.1. The first-order valence-electron chi connectivity index (χ1n) is 8.46. The van der Waals surface area contributed by atoms with Gasteiger partial charge in [0, 0.05) is 23.5 Å². The third-order valence-electron chi connectivity index (χ3n) is 4.64. The van der Waals surface area contributed by atoms with Gasteiger partial charge in [0.25, 0.3) is 5.91 Å². The quantitative estimate of drug-likeness (QED) is 0.542. The number of H-pyrrole nitrogens is 1. The van der Waals surface area contributed by atoms with E-state index < -0.39 is 11.7 Å². The number of aromatic amines is 1. The molecule has 4 aromatic rings. The van der Waals surface area contributed by atoms with Crippen molar-refractivity contribution in [3.63, 3.8) is 0 Å². The Morgan fingerprint density at radius 2 is 1.82 bits per heavy atom. The Hall–Kier alpha value is -3.42. The Bertz CT molecular complexity index is 1190. The van der Waals surface area contributed by atoms with Crippen LogP contribution in [0.2, 0.25) is 0 Å². The van der Waals surface area contributed by atoms with Gasteiger partial charge in [0.05, 0.1) is 16.8 Å². The summed E-state index contributed by atoms with van der Waals surface area (Å²) < 4.78 is 39.9. The highest BCUT2D eigenvalue weighted by Gasteiger charge is 2.30. The van der Waals surface area contributed by atoms with Crippen molar-refractivity contribution in [2.24, 2.45) is 0 Å². The number of pyridine rings is 1. The van der Waals surface area contributed by atoms with Crippen molar-refractivity contribution >= 4 is 16.9 Å². The molecule has 5 nitrogen and oxygen atoms in total. The lowest BCUT2D eigenvalue weighted by molar-refractivity contribution is -0.137. The second-order valence-electron chi connectivity index (χ2n) is 6.54. The fraction of sp³-hybridized carbons (Fsp3) is 0.150. The molecule has 28 heavy (non-hydrogen) atoms. The number of carbonyl (C=O) groups excluding carboxylic acids is 1. The van der Waals surface area contributed by atoms with Crippen molar-refractivity contribution in [1.82, 2.24) is 19.7 Å². The van der Waals surface area contributed by atoms with Crippen LogP contribution in [0, 0.1) is 13.8 Å². The zero-order valence-corrected chi connectivity index (χ0v) is 15.0. The molecule has 0 saturated heterocycles. The maximum Gasteiger partial charge on any atom is 0.416 e. The van der Waals surface area contributed by atoms with E-state index in [0.717, 1.165) is 28.8 Å². The molecular weight excluding hydrogens is 369 g/mol. The van der Waals surface area contributed by atoms with E-state index in [2.05, 4.69) is 15.2 Å². The van der Waals surface area contributed by atoms with Gasteiger partial charge in [0.15, 0.2) is 5.65 Å². The van der Waals surface area contributed by atoms with Crippen LogP contribution in [0.4, 0.5) is 13.2 Å². The first-order valence-corrected chi connectivity index (χ1v) is 8.46. The number of aryl methyl sites for hydroxylation is 2. The summed E-state index contributed by atoms with van der Waals surface area (Å²) in [5, 5.41) is 7.60. The highest BCUT2D eigenvalue weighted by atomic mass is 19.4. The molecule has 0 amide bonds. The average molecular weight is 384 g/mol. The monoisotopic (exact) mass is 384 g/mol. The van der Waals surface area contributed by atoms with Gasteiger partial charge in [0.2, 0.25) is 0 Å². The van der Waals surface area contributed by atoms with Gasteiger partial charge in [-0.1, -0.05) is 12.1 Å². The molecular formula is C20H15F3N4O. The second kappa shape index (κ2) is 6.33. The Labute approximate surface area is 157 Å². The SMILES string of the molecule is Cc1ccn(C(=O)c2cnc3n[nH]c(C)c3c2)c1-c1ccc(C(F)(F)F)cc1. The summed E-state index contributed by atoms with van der Waals surface area (Å²) in [6, 6.07) is 8.22. The fourth-order valence-corrected chi connectivity index (χ4v) is 3.16. The molecule has 0 fully saturated rings. The topological polar surface area (TPSA) is 63.6 Å². The van der Waals surface area contributed by atoms with Crippen molar-refractivity contribution in [3.8, 4) is 11.3 Å². The number of hydrogen-bond donors (Lipinski definition) is 1. The number of nitrogens with one attached hydrogen (secondary N) is 1. The molecule has 1 aromatic carbocycles. The third kappa shape index (κ3) is 2.96. The highest BCUT2D eigenvalue weighted by Crippen LogP contribution is 2.32.